The number of amides is 1. The van der Waals surface area contributed by atoms with E-state index in [2.05, 4.69) is 27.8 Å². The Morgan fingerprint density at radius 2 is 2.19 bits per heavy atom. The van der Waals surface area contributed by atoms with Gasteiger partial charge in [-0.1, -0.05) is 13.0 Å². The van der Waals surface area contributed by atoms with Gasteiger partial charge in [-0.05, 0) is 43.5 Å². The zero-order valence-corrected chi connectivity index (χ0v) is 12.0. The van der Waals surface area contributed by atoms with E-state index in [1.165, 1.54) is 0 Å². The van der Waals surface area contributed by atoms with Crippen molar-refractivity contribution < 1.29 is 4.79 Å². The zero-order chi connectivity index (χ0) is 14.7. The highest BCUT2D eigenvalue weighted by atomic mass is 16.2. The summed E-state index contributed by atoms with van der Waals surface area (Å²) in [6, 6.07) is 7.54. The molecule has 6 nitrogen and oxygen atoms in total. The molecule has 1 saturated heterocycles. The number of hydrogen-bond donors (Lipinski definition) is 2. The van der Waals surface area contributed by atoms with Crippen LogP contribution in [-0.4, -0.2) is 33.3 Å². The quantitative estimate of drug-likeness (QED) is 0.898. The van der Waals surface area contributed by atoms with Gasteiger partial charge in [0.25, 0.3) is 0 Å². The molecule has 1 aliphatic rings. The lowest BCUT2D eigenvalue weighted by molar-refractivity contribution is -0.119. The molecule has 1 aliphatic heterocycles. The molecule has 1 aromatic heterocycles. The van der Waals surface area contributed by atoms with E-state index in [4.69, 9.17) is 0 Å². The van der Waals surface area contributed by atoms with Crippen molar-refractivity contribution in [3.63, 3.8) is 0 Å². The van der Waals surface area contributed by atoms with Gasteiger partial charge in [0.1, 0.15) is 12.7 Å². The van der Waals surface area contributed by atoms with E-state index in [0.29, 0.717) is 5.92 Å². The fourth-order valence-corrected chi connectivity index (χ4v) is 2.61. The lowest BCUT2D eigenvalue weighted by atomic mass is 9.94. The van der Waals surface area contributed by atoms with Gasteiger partial charge in [-0.2, -0.15) is 0 Å². The second-order valence-corrected chi connectivity index (χ2v) is 5.54. The fourth-order valence-electron chi connectivity index (χ4n) is 2.61. The number of rotatable bonds is 3. The Kier molecular flexibility index (Phi) is 3.96. The number of piperidine rings is 1. The van der Waals surface area contributed by atoms with Gasteiger partial charge >= 0.3 is 0 Å². The third-order valence-electron chi connectivity index (χ3n) is 3.81. The van der Waals surface area contributed by atoms with Crippen LogP contribution in [0.2, 0.25) is 0 Å². The minimum atomic E-state index is -0.104. The van der Waals surface area contributed by atoms with Crippen LogP contribution in [0, 0.1) is 5.92 Å². The fraction of sp³-hybridized carbons (Fsp3) is 0.400. The SMILES string of the molecule is CC1CCNC(C(=O)Nc2cccc(-n3cnnc3)c2)C1. The van der Waals surface area contributed by atoms with Crippen molar-refractivity contribution in [1.29, 1.82) is 0 Å². The molecule has 0 bridgehead atoms. The Morgan fingerprint density at radius 3 is 2.95 bits per heavy atom. The predicted octanol–water partition coefficient (Wildman–Crippen LogP) is 1.59. The lowest BCUT2D eigenvalue weighted by Crippen LogP contribution is -2.45. The second kappa shape index (κ2) is 6.05. The third-order valence-corrected chi connectivity index (χ3v) is 3.81. The maximum Gasteiger partial charge on any atom is 0.241 e. The first-order chi connectivity index (χ1) is 10.2. The summed E-state index contributed by atoms with van der Waals surface area (Å²) in [5, 5.41) is 13.8. The van der Waals surface area contributed by atoms with Crippen molar-refractivity contribution in [2.24, 2.45) is 5.92 Å². The monoisotopic (exact) mass is 285 g/mol. The van der Waals surface area contributed by atoms with Gasteiger partial charge in [0.05, 0.1) is 11.7 Å². The molecular formula is C15H19N5O. The second-order valence-electron chi connectivity index (χ2n) is 5.54. The van der Waals surface area contributed by atoms with Crippen molar-refractivity contribution in [3.8, 4) is 5.69 Å². The van der Waals surface area contributed by atoms with Crippen LogP contribution < -0.4 is 10.6 Å². The highest BCUT2D eigenvalue weighted by Crippen LogP contribution is 2.18. The number of hydrogen-bond acceptors (Lipinski definition) is 4. The van der Waals surface area contributed by atoms with E-state index in [-0.39, 0.29) is 11.9 Å². The van der Waals surface area contributed by atoms with Gasteiger partial charge in [0.2, 0.25) is 5.91 Å². The van der Waals surface area contributed by atoms with Crippen LogP contribution in [0.5, 0.6) is 0 Å². The molecule has 0 radical (unpaired) electrons. The maximum absolute atomic E-state index is 12.3. The molecular weight excluding hydrogens is 266 g/mol. The molecule has 2 heterocycles. The number of nitrogens with one attached hydrogen (secondary N) is 2. The summed E-state index contributed by atoms with van der Waals surface area (Å²) in [6.45, 7) is 3.09. The first-order valence-electron chi connectivity index (χ1n) is 7.21. The smallest absolute Gasteiger partial charge is 0.241 e. The summed E-state index contributed by atoms with van der Waals surface area (Å²) in [4.78, 5) is 12.3. The number of carbonyl (C=O) groups is 1. The molecule has 2 N–H and O–H groups in total. The van der Waals surface area contributed by atoms with Crippen LogP contribution in [-0.2, 0) is 4.79 Å². The minimum absolute atomic E-state index is 0.0301. The Hall–Kier alpha value is -2.21. The molecule has 0 aliphatic carbocycles. The molecule has 2 unspecified atom stereocenters. The van der Waals surface area contributed by atoms with Crippen LogP contribution in [0.4, 0.5) is 5.69 Å². The van der Waals surface area contributed by atoms with Crippen LogP contribution in [0.1, 0.15) is 19.8 Å². The third kappa shape index (κ3) is 3.28. The van der Waals surface area contributed by atoms with Crippen LogP contribution in [0.25, 0.3) is 5.69 Å². The molecule has 110 valence electrons. The normalized spacial score (nSPS) is 22.0. The van der Waals surface area contributed by atoms with Crippen molar-refractivity contribution in [2.75, 3.05) is 11.9 Å². The average Bonchev–Trinajstić information content (AvgIpc) is 3.02. The maximum atomic E-state index is 12.3. The molecule has 3 rings (SSSR count). The Bertz CT molecular complexity index is 610. The summed E-state index contributed by atoms with van der Waals surface area (Å²) in [6.07, 6.45) is 5.28. The Balaban J connectivity index is 1.70. The number of anilines is 1. The number of benzene rings is 1. The first kappa shape index (κ1) is 13.8. The molecule has 6 heteroatoms. The highest BCUT2D eigenvalue weighted by molar-refractivity contribution is 5.95. The van der Waals surface area contributed by atoms with E-state index >= 15 is 0 Å². The van der Waals surface area contributed by atoms with Crippen LogP contribution in [0.3, 0.4) is 0 Å². The highest BCUT2D eigenvalue weighted by Gasteiger charge is 2.24. The molecule has 1 aromatic carbocycles. The predicted molar refractivity (Wildman–Crippen MR) is 80.2 cm³/mol. The molecule has 1 fully saturated rings. The number of carbonyl (C=O) groups excluding carboxylic acids is 1. The molecule has 0 spiro atoms. The van der Waals surface area contributed by atoms with Crippen molar-refractivity contribution in [1.82, 2.24) is 20.1 Å². The topological polar surface area (TPSA) is 71.8 Å². The molecule has 2 aromatic rings. The number of aromatic nitrogens is 3. The largest absolute Gasteiger partial charge is 0.325 e. The Morgan fingerprint density at radius 1 is 1.38 bits per heavy atom. The molecule has 0 saturated carbocycles. The molecule has 21 heavy (non-hydrogen) atoms. The van der Waals surface area contributed by atoms with Gasteiger partial charge < -0.3 is 10.6 Å². The van der Waals surface area contributed by atoms with Crippen LogP contribution >= 0.6 is 0 Å². The van der Waals surface area contributed by atoms with Gasteiger partial charge in [-0.3, -0.25) is 9.36 Å². The van der Waals surface area contributed by atoms with Gasteiger partial charge in [-0.25, -0.2) is 0 Å². The van der Waals surface area contributed by atoms with Gasteiger partial charge in [-0.15, -0.1) is 10.2 Å². The summed E-state index contributed by atoms with van der Waals surface area (Å²) in [5.41, 5.74) is 1.70. The summed E-state index contributed by atoms with van der Waals surface area (Å²) < 4.78 is 1.80. The van der Waals surface area contributed by atoms with Crippen LogP contribution in [0.15, 0.2) is 36.9 Å². The molecule has 1 amide bonds. The zero-order valence-electron chi connectivity index (χ0n) is 12.0. The van der Waals surface area contributed by atoms with Gasteiger partial charge in [0.15, 0.2) is 0 Å². The van der Waals surface area contributed by atoms with Gasteiger partial charge in [0, 0.05) is 5.69 Å². The molecule has 2 atom stereocenters. The summed E-state index contributed by atoms with van der Waals surface area (Å²) in [5.74, 6) is 0.618. The van der Waals surface area contributed by atoms with E-state index in [1.54, 1.807) is 17.2 Å². The Labute approximate surface area is 123 Å². The first-order valence-corrected chi connectivity index (χ1v) is 7.21. The average molecular weight is 285 g/mol. The lowest BCUT2D eigenvalue weighted by Gasteiger charge is -2.27. The minimum Gasteiger partial charge on any atom is -0.325 e. The van der Waals surface area contributed by atoms with Crippen molar-refractivity contribution in [2.45, 2.75) is 25.8 Å². The van der Waals surface area contributed by atoms with Crippen molar-refractivity contribution >= 4 is 11.6 Å². The van der Waals surface area contributed by atoms with Crippen molar-refractivity contribution in [3.05, 3.63) is 36.9 Å². The summed E-state index contributed by atoms with van der Waals surface area (Å²) in [7, 11) is 0. The van der Waals surface area contributed by atoms with E-state index in [0.717, 1.165) is 30.8 Å². The van der Waals surface area contributed by atoms with E-state index in [9.17, 15) is 4.79 Å². The standard InChI is InChI=1S/C15H19N5O/c1-11-5-6-16-14(7-11)15(21)19-12-3-2-4-13(8-12)20-9-17-18-10-20/h2-4,8-11,14,16H,5-7H2,1H3,(H,19,21). The summed E-state index contributed by atoms with van der Waals surface area (Å²) >= 11 is 0. The number of nitrogens with zero attached hydrogens (tertiary/aromatic N) is 3. The van der Waals surface area contributed by atoms with E-state index < -0.39 is 0 Å². The van der Waals surface area contributed by atoms with E-state index in [1.807, 2.05) is 24.3 Å².